The van der Waals surface area contributed by atoms with Crippen LogP contribution in [-0.4, -0.2) is 19.3 Å². The van der Waals surface area contributed by atoms with Crippen molar-refractivity contribution in [3.63, 3.8) is 0 Å². The van der Waals surface area contributed by atoms with Gasteiger partial charge in [-0.15, -0.1) is 0 Å². The Morgan fingerprint density at radius 2 is 1.79 bits per heavy atom. The Bertz CT molecular complexity index is 424. The first kappa shape index (κ1) is 13.1. The molecule has 2 N–H and O–H groups in total. The smallest absolute Gasteiger partial charge is 0.0684 e. The van der Waals surface area contributed by atoms with Gasteiger partial charge in [-0.25, -0.2) is 0 Å². The van der Waals surface area contributed by atoms with E-state index in [9.17, 15) is 0 Å². The average Bonchev–Trinajstić information content (AvgIpc) is 3.18. The van der Waals surface area contributed by atoms with Crippen LogP contribution in [0.4, 0.5) is 0 Å². The normalized spacial score (nSPS) is 22.8. The monoisotopic (exact) mass is 259 g/mol. The first-order chi connectivity index (χ1) is 9.22. The highest BCUT2D eigenvalue weighted by atomic mass is 16.5. The van der Waals surface area contributed by atoms with Crippen molar-refractivity contribution in [3.8, 4) is 0 Å². The second-order valence-electron chi connectivity index (χ2n) is 6.42. The average molecular weight is 259 g/mol. The molecule has 2 nitrogen and oxygen atoms in total. The van der Waals surface area contributed by atoms with Gasteiger partial charge in [-0.3, -0.25) is 0 Å². The molecule has 0 unspecified atom stereocenters. The summed E-state index contributed by atoms with van der Waals surface area (Å²) < 4.78 is 5.58. The quantitative estimate of drug-likeness (QED) is 0.851. The van der Waals surface area contributed by atoms with Crippen LogP contribution in [0.3, 0.4) is 0 Å². The van der Waals surface area contributed by atoms with E-state index in [1.165, 1.54) is 43.2 Å². The standard InChI is InChI=1S/C17H25NO/c1-19-17(11-12-17)10-7-14-3-5-15(6-4-14)16(13-18)8-2-9-16/h3-6H,2,7-13,18H2,1H3. The van der Waals surface area contributed by atoms with Gasteiger partial charge in [-0.05, 0) is 49.7 Å². The van der Waals surface area contributed by atoms with Crippen LogP contribution in [-0.2, 0) is 16.6 Å². The Kier molecular flexibility index (Phi) is 3.40. The first-order valence-corrected chi connectivity index (χ1v) is 7.57. The lowest BCUT2D eigenvalue weighted by Crippen LogP contribution is -2.41. The van der Waals surface area contributed by atoms with Crippen LogP contribution in [0.15, 0.2) is 24.3 Å². The van der Waals surface area contributed by atoms with E-state index in [2.05, 4.69) is 24.3 Å². The Labute approximate surface area is 116 Å². The first-order valence-electron chi connectivity index (χ1n) is 7.57. The molecule has 0 heterocycles. The van der Waals surface area contributed by atoms with Crippen molar-refractivity contribution in [1.29, 1.82) is 0 Å². The molecule has 2 saturated carbocycles. The molecule has 0 amide bonds. The molecule has 0 aliphatic heterocycles. The lowest BCUT2D eigenvalue weighted by molar-refractivity contribution is 0.0731. The molecule has 2 aliphatic carbocycles. The van der Waals surface area contributed by atoms with Crippen molar-refractivity contribution in [3.05, 3.63) is 35.4 Å². The van der Waals surface area contributed by atoms with Gasteiger partial charge < -0.3 is 10.5 Å². The molecule has 2 aliphatic rings. The molecular weight excluding hydrogens is 234 g/mol. The molecule has 3 rings (SSSR count). The Morgan fingerprint density at radius 1 is 1.11 bits per heavy atom. The minimum Gasteiger partial charge on any atom is -0.378 e. The summed E-state index contributed by atoms with van der Waals surface area (Å²) in [4.78, 5) is 0. The van der Waals surface area contributed by atoms with Gasteiger partial charge in [0.2, 0.25) is 0 Å². The second kappa shape index (κ2) is 4.92. The summed E-state index contributed by atoms with van der Waals surface area (Å²) in [5.41, 5.74) is 9.34. The number of hydrogen-bond acceptors (Lipinski definition) is 2. The van der Waals surface area contributed by atoms with Crippen LogP contribution in [0.2, 0.25) is 0 Å². The predicted molar refractivity (Wildman–Crippen MR) is 78.3 cm³/mol. The topological polar surface area (TPSA) is 35.2 Å². The third kappa shape index (κ3) is 2.44. The fraction of sp³-hybridized carbons (Fsp3) is 0.647. The van der Waals surface area contributed by atoms with Crippen LogP contribution >= 0.6 is 0 Å². The number of hydrogen-bond donors (Lipinski definition) is 1. The molecule has 0 aromatic heterocycles. The SMILES string of the molecule is COC1(CCc2ccc(C3(CN)CCC3)cc2)CC1. The number of aryl methyl sites for hydroxylation is 1. The summed E-state index contributed by atoms with van der Waals surface area (Å²) in [6.45, 7) is 0.791. The maximum absolute atomic E-state index is 5.96. The summed E-state index contributed by atoms with van der Waals surface area (Å²) in [5.74, 6) is 0. The van der Waals surface area contributed by atoms with Crippen LogP contribution in [0.1, 0.15) is 49.7 Å². The summed E-state index contributed by atoms with van der Waals surface area (Å²) in [5, 5.41) is 0. The van der Waals surface area contributed by atoms with Crippen LogP contribution < -0.4 is 5.73 Å². The molecule has 0 atom stereocenters. The van der Waals surface area contributed by atoms with E-state index in [1.54, 1.807) is 0 Å². The number of benzene rings is 1. The van der Waals surface area contributed by atoms with Crippen molar-refractivity contribution >= 4 is 0 Å². The van der Waals surface area contributed by atoms with E-state index < -0.39 is 0 Å². The molecule has 104 valence electrons. The summed E-state index contributed by atoms with van der Waals surface area (Å²) in [6.07, 6.45) is 8.60. The van der Waals surface area contributed by atoms with Gasteiger partial charge in [-0.2, -0.15) is 0 Å². The van der Waals surface area contributed by atoms with Crippen molar-refractivity contribution < 1.29 is 4.74 Å². The highest BCUT2D eigenvalue weighted by molar-refractivity contribution is 5.32. The van der Waals surface area contributed by atoms with E-state index in [0.717, 1.165) is 19.4 Å². The molecule has 1 aromatic carbocycles. The lowest BCUT2D eigenvalue weighted by atomic mass is 9.64. The maximum Gasteiger partial charge on any atom is 0.0684 e. The Balaban J connectivity index is 1.62. The summed E-state index contributed by atoms with van der Waals surface area (Å²) in [7, 11) is 1.84. The van der Waals surface area contributed by atoms with Gasteiger partial charge in [0, 0.05) is 19.1 Å². The van der Waals surface area contributed by atoms with Crippen molar-refractivity contribution in [2.75, 3.05) is 13.7 Å². The zero-order valence-electron chi connectivity index (χ0n) is 12.0. The second-order valence-corrected chi connectivity index (χ2v) is 6.42. The van der Waals surface area contributed by atoms with E-state index in [-0.39, 0.29) is 5.60 Å². The zero-order valence-corrected chi connectivity index (χ0v) is 12.0. The van der Waals surface area contributed by atoms with Gasteiger partial charge in [0.05, 0.1) is 5.60 Å². The van der Waals surface area contributed by atoms with Crippen LogP contribution in [0.25, 0.3) is 0 Å². The minimum atomic E-state index is 0.213. The maximum atomic E-state index is 5.96. The highest BCUT2D eigenvalue weighted by Crippen LogP contribution is 2.44. The Morgan fingerprint density at radius 3 is 2.21 bits per heavy atom. The van der Waals surface area contributed by atoms with Gasteiger partial charge >= 0.3 is 0 Å². The molecule has 2 heteroatoms. The molecule has 19 heavy (non-hydrogen) atoms. The molecular formula is C17H25NO. The van der Waals surface area contributed by atoms with Crippen molar-refractivity contribution in [1.82, 2.24) is 0 Å². The minimum absolute atomic E-state index is 0.213. The number of rotatable bonds is 6. The fourth-order valence-electron chi connectivity index (χ4n) is 3.31. The largest absolute Gasteiger partial charge is 0.378 e. The van der Waals surface area contributed by atoms with Crippen LogP contribution in [0, 0.1) is 0 Å². The molecule has 0 saturated heterocycles. The molecule has 0 radical (unpaired) electrons. The molecule has 0 spiro atoms. The van der Waals surface area contributed by atoms with E-state index in [4.69, 9.17) is 10.5 Å². The molecule has 1 aromatic rings. The molecule has 0 bridgehead atoms. The van der Waals surface area contributed by atoms with E-state index in [0.29, 0.717) is 5.41 Å². The van der Waals surface area contributed by atoms with Crippen LogP contribution in [0.5, 0.6) is 0 Å². The number of nitrogens with two attached hydrogens (primary N) is 1. The van der Waals surface area contributed by atoms with Gasteiger partial charge in [0.25, 0.3) is 0 Å². The third-order valence-electron chi connectivity index (χ3n) is 5.38. The molecule has 2 fully saturated rings. The van der Waals surface area contributed by atoms with Gasteiger partial charge in [0.15, 0.2) is 0 Å². The van der Waals surface area contributed by atoms with Gasteiger partial charge in [-0.1, -0.05) is 30.7 Å². The van der Waals surface area contributed by atoms with Crippen molar-refractivity contribution in [2.45, 2.75) is 56.0 Å². The fourth-order valence-corrected chi connectivity index (χ4v) is 3.31. The Hall–Kier alpha value is -0.860. The van der Waals surface area contributed by atoms with E-state index in [1.807, 2.05) is 7.11 Å². The van der Waals surface area contributed by atoms with E-state index >= 15 is 0 Å². The van der Waals surface area contributed by atoms with Gasteiger partial charge in [0.1, 0.15) is 0 Å². The van der Waals surface area contributed by atoms with Crippen molar-refractivity contribution in [2.24, 2.45) is 5.73 Å². The zero-order chi connectivity index (χ0) is 13.3. The number of methoxy groups -OCH3 is 1. The lowest BCUT2D eigenvalue weighted by Gasteiger charge is -2.41. The third-order valence-corrected chi connectivity index (χ3v) is 5.38. The summed E-state index contributed by atoms with van der Waals surface area (Å²) >= 11 is 0. The highest BCUT2D eigenvalue weighted by Gasteiger charge is 2.42. The summed E-state index contributed by atoms with van der Waals surface area (Å²) in [6, 6.07) is 9.18. The number of ether oxygens (including phenoxy) is 1. The predicted octanol–water partition coefficient (Wildman–Crippen LogP) is 3.18.